The first-order valence-electron chi connectivity index (χ1n) is 8.39. The number of aromatic nitrogens is 3. The van der Waals surface area contributed by atoms with Crippen LogP contribution in [-0.4, -0.2) is 32.6 Å². The molecule has 2 atom stereocenters. The fourth-order valence-electron chi connectivity index (χ4n) is 2.63. The topological polar surface area (TPSA) is 60.2 Å². The van der Waals surface area contributed by atoms with E-state index in [0.29, 0.717) is 19.4 Å². The summed E-state index contributed by atoms with van der Waals surface area (Å²) in [6.07, 6.45) is 4.60. The third-order valence-corrected chi connectivity index (χ3v) is 4.07. The summed E-state index contributed by atoms with van der Waals surface area (Å²) < 4.78 is 33.4. The van der Waals surface area contributed by atoms with Crippen LogP contribution in [0.2, 0.25) is 0 Å². The molecule has 0 radical (unpaired) electrons. The van der Waals surface area contributed by atoms with E-state index >= 15 is 0 Å². The summed E-state index contributed by atoms with van der Waals surface area (Å²) >= 11 is 0. The Morgan fingerprint density at radius 3 is 2.60 bits per heavy atom. The predicted octanol–water partition coefficient (Wildman–Crippen LogP) is 3.75. The molecule has 1 aromatic heterocycles. The van der Waals surface area contributed by atoms with Crippen LogP contribution in [0.4, 0.5) is 8.78 Å². The van der Waals surface area contributed by atoms with Crippen LogP contribution in [-0.2, 0) is 0 Å². The number of benzene rings is 1. The van der Waals surface area contributed by atoms with Gasteiger partial charge in [-0.15, -0.1) is 0 Å². The molecule has 0 saturated carbocycles. The van der Waals surface area contributed by atoms with Crippen molar-refractivity contribution in [2.24, 2.45) is 5.41 Å². The minimum Gasteiger partial charge on any atom is -0.491 e. The second-order valence-corrected chi connectivity index (χ2v) is 7.17. The number of ether oxygens (including phenoxy) is 1. The zero-order chi connectivity index (χ0) is 18.4. The molecule has 2 aromatic rings. The van der Waals surface area contributed by atoms with Gasteiger partial charge in [0.1, 0.15) is 18.5 Å². The summed E-state index contributed by atoms with van der Waals surface area (Å²) in [6, 6.07) is 3.06. The quantitative estimate of drug-likeness (QED) is 0.734. The van der Waals surface area contributed by atoms with Gasteiger partial charge in [0, 0.05) is 6.07 Å². The lowest BCUT2D eigenvalue weighted by Crippen LogP contribution is -2.35. The number of aliphatic hydroxyl groups is 1. The second kappa shape index (κ2) is 8.38. The van der Waals surface area contributed by atoms with Crippen molar-refractivity contribution >= 4 is 0 Å². The van der Waals surface area contributed by atoms with Crippen molar-refractivity contribution < 1.29 is 18.6 Å². The van der Waals surface area contributed by atoms with Crippen LogP contribution in [0.25, 0.3) is 0 Å². The van der Waals surface area contributed by atoms with E-state index in [9.17, 15) is 13.9 Å². The zero-order valence-corrected chi connectivity index (χ0v) is 14.8. The highest BCUT2D eigenvalue weighted by molar-refractivity contribution is 5.24. The van der Waals surface area contributed by atoms with Crippen LogP contribution in [0.15, 0.2) is 30.9 Å². The summed E-state index contributed by atoms with van der Waals surface area (Å²) in [4.78, 5) is 3.95. The summed E-state index contributed by atoms with van der Waals surface area (Å²) in [6.45, 7) is 6.24. The number of halogens is 2. The molecule has 0 aliphatic rings. The molecule has 1 aromatic carbocycles. The number of aliphatic hydroxyl groups excluding tert-OH is 1. The fraction of sp³-hybridized carbons (Fsp3) is 0.556. The molecule has 5 nitrogen and oxygen atoms in total. The molecule has 138 valence electrons. The highest BCUT2D eigenvalue weighted by Gasteiger charge is 2.31. The average molecular weight is 353 g/mol. The van der Waals surface area contributed by atoms with E-state index in [-0.39, 0.29) is 17.2 Å². The van der Waals surface area contributed by atoms with Gasteiger partial charge >= 0.3 is 0 Å². The smallest absolute Gasteiger partial charge is 0.167 e. The first-order valence-corrected chi connectivity index (χ1v) is 8.39. The SMILES string of the molecule is CC(C)(C)C(O)C(CCCCOc1ccc(F)cc1F)n1cncn1. The summed E-state index contributed by atoms with van der Waals surface area (Å²) in [5, 5.41) is 14.8. The van der Waals surface area contributed by atoms with Gasteiger partial charge in [-0.25, -0.2) is 18.4 Å². The fourth-order valence-corrected chi connectivity index (χ4v) is 2.63. The standard InChI is InChI=1S/C18H25F2N3O2/c1-18(2,3)17(24)15(23-12-21-11-22-23)6-4-5-9-25-16-8-7-13(19)10-14(16)20/h7-8,10-12,15,17,24H,4-6,9H2,1-3H3. The number of hydrogen-bond donors (Lipinski definition) is 1. The van der Waals surface area contributed by atoms with E-state index in [1.54, 1.807) is 11.0 Å². The molecule has 7 heteroatoms. The minimum absolute atomic E-state index is 0.0453. The third kappa shape index (κ3) is 5.49. The summed E-state index contributed by atoms with van der Waals surface area (Å²) in [5.74, 6) is -1.29. The van der Waals surface area contributed by atoms with Gasteiger partial charge in [0.25, 0.3) is 0 Å². The number of rotatable bonds is 8. The molecule has 2 unspecified atom stereocenters. The largest absolute Gasteiger partial charge is 0.491 e. The molecule has 1 N–H and O–H groups in total. The lowest BCUT2D eigenvalue weighted by Gasteiger charge is -2.33. The highest BCUT2D eigenvalue weighted by atomic mass is 19.1. The molecule has 0 aliphatic heterocycles. The van der Waals surface area contributed by atoms with Gasteiger partial charge in [-0.05, 0) is 36.8 Å². The summed E-state index contributed by atoms with van der Waals surface area (Å²) in [5.41, 5.74) is -0.287. The molecular weight excluding hydrogens is 328 g/mol. The Balaban J connectivity index is 1.85. The first kappa shape index (κ1) is 19.3. The van der Waals surface area contributed by atoms with Crippen LogP contribution in [0.3, 0.4) is 0 Å². The van der Waals surface area contributed by atoms with Crippen LogP contribution < -0.4 is 4.74 Å². The maximum absolute atomic E-state index is 13.5. The Kier molecular flexibility index (Phi) is 6.47. The van der Waals surface area contributed by atoms with Gasteiger partial charge in [-0.2, -0.15) is 5.10 Å². The van der Waals surface area contributed by atoms with E-state index in [2.05, 4.69) is 10.1 Å². The van der Waals surface area contributed by atoms with Crippen molar-refractivity contribution in [1.82, 2.24) is 14.8 Å². The van der Waals surface area contributed by atoms with Gasteiger partial charge in [-0.1, -0.05) is 20.8 Å². The first-order chi connectivity index (χ1) is 11.8. The van der Waals surface area contributed by atoms with Gasteiger partial charge in [0.2, 0.25) is 0 Å². The molecule has 0 saturated heterocycles. The Morgan fingerprint density at radius 2 is 2.00 bits per heavy atom. The molecule has 0 aliphatic carbocycles. The molecule has 1 heterocycles. The number of nitrogens with zero attached hydrogens (tertiary/aromatic N) is 3. The van der Waals surface area contributed by atoms with E-state index in [1.807, 2.05) is 20.8 Å². The van der Waals surface area contributed by atoms with Crippen molar-refractivity contribution in [2.75, 3.05) is 6.61 Å². The van der Waals surface area contributed by atoms with Crippen LogP contribution >= 0.6 is 0 Å². The normalized spacial score (nSPS) is 14.3. The number of hydrogen-bond acceptors (Lipinski definition) is 4. The Bertz CT molecular complexity index is 657. The lowest BCUT2D eigenvalue weighted by molar-refractivity contribution is 0.00822. The second-order valence-electron chi connectivity index (χ2n) is 7.17. The maximum atomic E-state index is 13.5. The molecule has 0 bridgehead atoms. The molecule has 2 rings (SSSR count). The third-order valence-electron chi connectivity index (χ3n) is 4.07. The average Bonchev–Trinajstić information content (AvgIpc) is 3.05. The van der Waals surface area contributed by atoms with Gasteiger partial charge in [0.15, 0.2) is 11.6 Å². The van der Waals surface area contributed by atoms with E-state index in [0.717, 1.165) is 12.5 Å². The molecule has 0 amide bonds. The van der Waals surface area contributed by atoms with Crippen molar-refractivity contribution in [3.8, 4) is 5.75 Å². The molecular formula is C18H25F2N3O2. The van der Waals surface area contributed by atoms with Crippen LogP contribution in [0.5, 0.6) is 5.75 Å². The van der Waals surface area contributed by atoms with E-state index in [4.69, 9.17) is 4.74 Å². The maximum Gasteiger partial charge on any atom is 0.167 e. The van der Waals surface area contributed by atoms with Crippen molar-refractivity contribution in [1.29, 1.82) is 0 Å². The van der Waals surface area contributed by atoms with Crippen LogP contribution in [0, 0.1) is 17.0 Å². The predicted molar refractivity (Wildman–Crippen MR) is 90.2 cm³/mol. The summed E-state index contributed by atoms with van der Waals surface area (Å²) in [7, 11) is 0. The monoisotopic (exact) mass is 353 g/mol. The zero-order valence-electron chi connectivity index (χ0n) is 14.8. The van der Waals surface area contributed by atoms with Crippen molar-refractivity contribution in [3.63, 3.8) is 0 Å². The van der Waals surface area contributed by atoms with E-state index in [1.165, 1.54) is 18.5 Å². The minimum atomic E-state index is -0.705. The van der Waals surface area contributed by atoms with Gasteiger partial charge in [0.05, 0.1) is 18.8 Å². The number of unbranched alkanes of at least 4 members (excludes halogenated alkanes) is 1. The van der Waals surface area contributed by atoms with Crippen LogP contribution in [0.1, 0.15) is 46.1 Å². The molecule has 0 fully saturated rings. The lowest BCUT2D eigenvalue weighted by atomic mass is 9.83. The van der Waals surface area contributed by atoms with Gasteiger partial charge < -0.3 is 9.84 Å². The van der Waals surface area contributed by atoms with E-state index < -0.39 is 17.7 Å². The molecule has 0 spiro atoms. The van der Waals surface area contributed by atoms with Crippen molar-refractivity contribution in [2.45, 2.75) is 52.2 Å². The van der Waals surface area contributed by atoms with Gasteiger partial charge in [-0.3, -0.25) is 0 Å². The highest BCUT2D eigenvalue weighted by Crippen LogP contribution is 2.31. The Hall–Kier alpha value is -2.02. The van der Waals surface area contributed by atoms with Crippen molar-refractivity contribution in [3.05, 3.63) is 42.5 Å². The Morgan fingerprint density at radius 1 is 1.24 bits per heavy atom. The molecule has 25 heavy (non-hydrogen) atoms. The Labute approximate surface area is 146 Å².